The molecule has 0 saturated carbocycles. The third-order valence-electron chi connectivity index (χ3n) is 1.11. The van der Waals surface area contributed by atoms with Crippen LogP contribution >= 0.6 is 25.3 Å². The number of hydrogen-bond acceptors (Lipinski definition) is 3. The van der Waals surface area contributed by atoms with Gasteiger partial charge in [0.15, 0.2) is 0 Å². The van der Waals surface area contributed by atoms with Crippen molar-refractivity contribution < 1.29 is 0 Å². The number of nitrogens with one attached hydrogen (secondary N) is 1. The van der Waals surface area contributed by atoms with Crippen LogP contribution in [0.2, 0.25) is 0 Å². The summed E-state index contributed by atoms with van der Waals surface area (Å²) >= 11 is 8.23. The molecule has 0 aromatic heterocycles. The highest BCUT2D eigenvalue weighted by Gasteiger charge is 1.98. The van der Waals surface area contributed by atoms with Gasteiger partial charge in [0.1, 0.15) is 0 Å². The average molecular weight is 181 g/mol. The Balaban J connectivity index is 0. The molecule has 0 aliphatic carbocycles. The first-order chi connectivity index (χ1) is 4.85. The van der Waals surface area contributed by atoms with Gasteiger partial charge in [0.05, 0.1) is 0 Å². The van der Waals surface area contributed by atoms with E-state index >= 15 is 0 Å². The quantitative estimate of drug-likeness (QED) is 0.562. The highest BCUT2D eigenvalue weighted by molar-refractivity contribution is 7.80. The van der Waals surface area contributed by atoms with Gasteiger partial charge in [0.25, 0.3) is 0 Å². The van der Waals surface area contributed by atoms with Crippen LogP contribution in [0.15, 0.2) is 0 Å². The second kappa shape index (κ2) is 12.3. The third kappa shape index (κ3) is 8.66. The fraction of sp³-hybridized carbons (Fsp3) is 1.00. The van der Waals surface area contributed by atoms with E-state index in [0.29, 0.717) is 6.04 Å². The zero-order chi connectivity index (χ0) is 8.41. The smallest absolute Gasteiger partial charge is 0.0160 e. The van der Waals surface area contributed by atoms with Crippen molar-refractivity contribution in [3.63, 3.8) is 0 Å². The summed E-state index contributed by atoms with van der Waals surface area (Å²) in [6.07, 6.45) is 1.10. The molecule has 1 nitrogen and oxygen atoms in total. The lowest BCUT2D eigenvalue weighted by atomic mass is 10.3. The second-order valence-corrected chi connectivity index (χ2v) is 2.49. The van der Waals surface area contributed by atoms with Crippen molar-refractivity contribution in [1.82, 2.24) is 5.32 Å². The van der Waals surface area contributed by atoms with Crippen LogP contribution in [0.3, 0.4) is 0 Å². The van der Waals surface area contributed by atoms with Crippen LogP contribution in [0.1, 0.15) is 20.3 Å². The summed E-state index contributed by atoms with van der Waals surface area (Å²) in [5.41, 5.74) is 0. The van der Waals surface area contributed by atoms with Gasteiger partial charge in [-0.25, -0.2) is 0 Å². The van der Waals surface area contributed by atoms with E-state index in [4.69, 9.17) is 0 Å². The molecule has 10 heavy (non-hydrogen) atoms. The molecule has 0 spiro atoms. The summed E-state index contributed by atoms with van der Waals surface area (Å²) in [6, 6.07) is 0.538. The molecule has 0 aromatic rings. The molecule has 0 heterocycles. The molecule has 0 amide bonds. The van der Waals surface area contributed by atoms with Gasteiger partial charge in [-0.15, -0.1) is 0 Å². The maximum absolute atomic E-state index is 4.13. The SMILES string of the molecule is CC.CNC(CS)CCS. The van der Waals surface area contributed by atoms with Crippen molar-refractivity contribution in [3.8, 4) is 0 Å². The van der Waals surface area contributed by atoms with E-state index in [1.165, 1.54) is 0 Å². The van der Waals surface area contributed by atoms with E-state index in [2.05, 4.69) is 30.6 Å². The van der Waals surface area contributed by atoms with Gasteiger partial charge in [0, 0.05) is 11.8 Å². The van der Waals surface area contributed by atoms with E-state index in [1.54, 1.807) is 0 Å². The summed E-state index contributed by atoms with van der Waals surface area (Å²) < 4.78 is 0. The average Bonchev–Trinajstić information content (AvgIpc) is 2.04. The summed E-state index contributed by atoms with van der Waals surface area (Å²) in [5.74, 6) is 1.84. The summed E-state index contributed by atoms with van der Waals surface area (Å²) in [4.78, 5) is 0. The molecular formula is C7H19NS2. The van der Waals surface area contributed by atoms with Crippen molar-refractivity contribution in [2.45, 2.75) is 26.3 Å². The second-order valence-electron chi connectivity index (χ2n) is 1.68. The monoisotopic (exact) mass is 181 g/mol. The van der Waals surface area contributed by atoms with Crippen LogP contribution in [-0.4, -0.2) is 24.6 Å². The molecule has 0 aliphatic heterocycles. The lowest BCUT2D eigenvalue weighted by Crippen LogP contribution is -2.27. The fourth-order valence-electron chi connectivity index (χ4n) is 0.483. The highest BCUT2D eigenvalue weighted by Crippen LogP contribution is 1.94. The van der Waals surface area contributed by atoms with Crippen molar-refractivity contribution in [1.29, 1.82) is 0 Å². The third-order valence-corrected chi connectivity index (χ3v) is 1.81. The zero-order valence-electron chi connectivity index (χ0n) is 7.09. The van der Waals surface area contributed by atoms with Crippen molar-refractivity contribution >= 4 is 25.3 Å². The first-order valence-electron chi connectivity index (χ1n) is 3.74. The largest absolute Gasteiger partial charge is 0.316 e. The molecule has 1 unspecified atom stereocenters. The van der Waals surface area contributed by atoms with E-state index in [9.17, 15) is 0 Å². The fourth-order valence-corrected chi connectivity index (χ4v) is 1.16. The summed E-state index contributed by atoms with van der Waals surface area (Å²) in [7, 11) is 1.95. The summed E-state index contributed by atoms with van der Waals surface area (Å²) in [5, 5.41) is 3.13. The molecule has 0 aliphatic rings. The van der Waals surface area contributed by atoms with Crippen LogP contribution in [0.4, 0.5) is 0 Å². The Morgan fingerprint density at radius 1 is 1.30 bits per heavy atom. The van der Waals surface area contributed by atoms with E-state index in [-0.39, 0.29) is 0 Å². The van der Waals surface area contributed by atoms with Gasteiger partial charge in [-0.1, -0.05) is 13.8 Å². The number of hydrogen-bond donors (Lipinski definition) is 3. The first kappa shape index (κ1) is 13.3. The van der Waals surface area contributed by atoms with Crippen LogP contribution in [0.25, 0.3) is 0 Å². The Bertz CT molecular complexity index is 46.9. The van der Waals surface area contributed by atoms with Crippen molar-refractivity contribution in [2.24, 2.45) is 0 Å². The van der Waals surface area contributed by atoms with Crippen LogP contribution < -0.4 is 5.32 Å². The normalized spacial score (nSPS) is 11.7. The van der Waals surface area contributed by atoms with Crippen molar-refractivity contribution in [2.75, 3.05) is 18.6 Å². The predicted octanol–water partition coefficient (Wildman–Crippen LogP) is 1.85. The molecule has 1 atom stereocenters. The minimum absolute atomic E-state index is 0.538. The lowest BCUT2D eigenvalue weighted by Gasteiger charge is -2.09. The first-order valence-corrected chi connectivity index (χ1v) is 5.00. The van der Waals surface area contributed by atoms with Gasteiger partial charge < -0.3 is 5.32 Å². The Morgan fingerprint density at radius 3 is 1.90 bits per heavy atom. The van der Waals surface area contributed by atoms with E-state index in [1.807, 2.05) is 20.9 Å². The van der Waals surface area contributed by atoms with Crippen LogP contribution in [0, 0.1) is 0 Å². The van der Waals surface area contributed by atoms with Gasteiger partial charge >= 0.3 is 0 Å². The summed E-state index contributed by atoms with van der Waals surface area (Å²) in [6.45, 7) is 4.00. The van der Waals surface area contributed by atoms with Gasteiger partial charge in [-0.2, -0.15) is 25.3 Å². The van der Waals surface area contributed by atoms with Crippen molar-refractivity contribution in [3.05, 3.63) is 0 Å². The Labute approximate surface area is 75.8 Å². The van der Waals surface area contributed by atoms with E-state index < -0.39 is 0 Å². The predicted molar refractivity (Wildman–Crippen MR) is 56.5 cm³/mol. The molecular weight excluding hydrogens is 162 g/mol. The molecule has 0 saturated heterocycles. The van der Waals surface area contributed by atoms with Gasteiger partial charge in [-0.3, -0.25) is 0 Å². The number of rotatable bonds is 4. The topological polar surface area (TPSA) is 12.0 Å². The number of thiol groups is 2. The Hall–Kier alpha value is 0.660. The molecule has 0 rings (SSSR count). The highest BCUT2D eigenvalue weighted by atomic mass is 32.1. The maximum atomic E-state index is 4.13. The van der Waals surface area contributed by atoms with Crippen LogP contribution in [-0.2, 0) is 0 Å². The molecule has 0 fully saturated rings. The lowest BCUT2D eigenvalue weighted by molar-refractivity contribution is 0.608. The molecule has 0 radical (unpaired) electrons. The molecule has 0 aromatic carbocycles. The Morgan fingerprint density at radius 2 is 1.80 bits per heavy atom. The molecule has 3 heteroatoms. The Kier molecular flexibility index (Phi) is 16.4. The van der Waals surface area contributed by atoms with Gasteiger partial charge in [-0.05, 0) is 19.2 Å². The molecule has 1 N–H and O–H groups in total. The van der Waals surface area contributed by atoms with Crippen LogP contribution in [0.5, 0.6) is 0 Å². The minimum Gasteiger partial charge on any atom is -0.316 e. The minimum atomic E-state index is 0.538. The molecule has 0 bridgehead atoms. The molecule has 64 valence electrons. The maximum Gasteiger partial charge on any atom is 0.0160 e. The van der Waals surface area contributed by atoms with Gasteiger partial charge in [0.2, 0.25) is 0 Å². The standard InChI is InChI=1S/C5H13NS2.C2H6/c1-6-5(4-8)2-3-7;1-2/h5-8H,2-4H2,1H3;1-2H3. The van der Waals surface area contributed by atoms with E-state index in [0.717, 1.165) is 17.9 Å². The zero-order valence-corrected chi connectivity index (χ0v) is 8.88.